The van der Waals surface area contributed by atoms with Crippen molar-refractivity contribution in [3.63, 3.8) is 0 Å². The lowest BCUT2D eigenvalue weighted by Crippen LogP contribution is -2.08. The van der Waals surface area contributed by atoms with Gasteiger partial charge in [0.15, 0.2) is 23.0 Å². The molecule has 0 aliphatic carbocycles. The number of ether oxygens (including phenoxy) is 3. The van der Waals surface area contributed by atoms with Gasteiger partial charge in [-0.1, -0.05) is 90.3 Å². The van der Waals surface area contributed by atoms with E-state index in [1.54, 1.807) is 18.2 Å². The maximum atomic E-state index is 13.1. The molecule has 0 aliphatic heterocycles. The number of allylic oxidation sites excluding steroid dienone is 1. The first-order valence-corrected chi connectivity index (χ1v) is 15.3. The fraction of sp³-hybridized carbons (Fsp3) is 0.571. The van der Waals surface area contributed by atoms with Crippen molar-refractivity contribution >= 4 is 5.97 Å². The molecule has 0 heterocycles. The van der Waals surface area contributed by atoms with E-state index in [1.165, 1.54) is 59.2 Å². The van der Waals surface area contributed by atoms with Gasteiger partial charge in [0.2, 0.25) is 5.75 Å². The van der Waals surface area contributed by atoms with Crippen molar-refractivity contribution in [2.75, 3.05) is 20.8 Å². The topological polar surface area (TPSA) is 105 Å². The first-order valence-electron chi connectivity index (χ1n) is 15.3. The number of carbonyl (C=O) groups is 1. The van der Waals surface area contributed by atoms with E-state index in [1.807, 2.05) is 13.0 Å². The SMILES string of the molecule is COc1cccc(-c2c(C(=O)OC/C=C(\C)CCC[C@H](C)CCC[C@H](C)CCCC(C)C)cc(O)c(O)c2O)c1OC. The highest BCUT2D eigenvalue weighted by Gasteiger charge is 2.27. The minimum atomic E-state index is -0.753. The van der Waals surface area contributed by atoms with E-state index in [-0.39, 0.29) is 23.5 Å². The van der Waals surface area contributed by atoms with Gasteiger partial charge in [0.25, 0.3) is 0 Å². The fourth-order valence-corrected chi connectivity index (χ4v) is 5.31. The molecular formula is C35H52O7. The zero-order valence-corrected chi connectivity index (χ0v) is 26.7. The lowest BCUT2D eigenvalue weighted by atomic mass is 9.91. The Morgan fingerprint density at radius 2 is 1.48 bits per heavy atom. The number of benzene rings is 2. The number of esters is 1. The summed E-state index contributed by atoms with van der Waals surface area (Å²) >= 11 is 0. The molecule has 0 aliphatic rings. The summed E-state index contributed by atoms with van der Waals surface area (Å²) in [5.41, 5.74) is 1.31. The minimum absolute atomic E-state index is 0.0225. The van der Waals surface area contributed by atoms with Crippen molar-refractivity contribution in [1.82, 2.24) is 0 Å². The number of rotatable bonds is 18. The van der Waals surface area contributed by atoms with E-state index in [2.05, 4.69) is 27.7 Å². The molecule has 3 N–H and O–H groups in total. The van der Waals surface area contributed by atoms with Crippen molar-refractivity contribution in [1.29, 1.82) is 0 Å². The van der Waals surface area contributed by atoms with E-state index < -0.39 is 23.2 Å². The Hall–Kier alpha value is -3.35. The van der Waals surface area contributed by atoms with Crippen LogP contribution in [0.1, 0.15) is 103 Å². The Bertz CT molecular complexity index is 1170. The predicted molar refractivity (Wildman–Crippen MR) is 169 cm³/mol. The van der Waals surface area contributed by atoms with Crippen LogP contribution in [0.2, 0.25) is 0 Å². The molecule has 0 saturated carbocycles. The van der Waals surface area contributed by atoms with Crippen LogP contribution in [0, 0.1) is 17.8 Å². The molecule has 0 unspecified atom stereocenters. The maximum absolute atomic E-state index is 13.1. The van der Waals surface area contributed by atoms with E-state index in [0.29, 0.717) is 17.2 Å². The van der Waals surface area contributed by atoms with Gasteiger partial charge in [0, 0.05) is 11.1 Å². The maximum Gasteiger partial charge on any atom is 0.339 e. The van der Waals surface area contributed by atoms with Gasteiger partial charge in [-0.25, -0.2) is 4.79 Å². The Kier molecular flexibility index (Phi) is 14.6. The quantitative estimate of drug-likeness (QED) is 0.0912. The van der Waals surface area contributed by atoms with Gasteiger partial charge in [-0.2, -0.15) is 0 Å². The summed E-state index contributed by atoms with van der Waals surface area (Å²) in [6, 6.07) is 6.03. The van der Waals surface area contributed by atoms with Gasteiger partial charge in [-0.3, -0.25) is 0 Å². The number of hydrogen-bond acceptors (Lipinski definition) is 7. The summed E-state index contributed by atoms with van der Waals surface area (Å²) in [6.45, 7) is 11.4. The number of phenolic OH excluding ortho intramolecular Hbond substituents is 3. The van der Waals surface area contributed by atoms with Crippen molar-refractivity contribution in [3.05, 3.63) is 41.5 Å². The summed E-state index contributed by atoms with van der Waals surface area (Å²) in [7, 11) is 2.90. The zero-order chi connectivity index (χ0) is 31.2. The van der Waals surface area contributed by atoms with Gasteiger partial charge in [-0.15, -0.1) is 0 Å². The average molecular weight is 585 g/mol. The lowest BCUT2D eigenvalue weighted by molar-refractivity contribution is 0.0549. The second kappa shape index (κ2) is 17.6. The van der Waals surface area contributed by atoms with Gasteiger partial charge < -0.3 is 29.5 Å². The van der Waals surface area contributed by atoms with E-state index in [9.17, 15) is 20.1 Å². The second-order valence-corrected chi connectivity index (χ2v) is 12.1. The van der Waals surface area contributed by atoms with Crippen molar-refractivity contribution < 1.29 is 34.3 Å². The number of phenols is 3. The summed E-state index contributed by atoms with van der Waals surface area (Å²) in [5.74, 6) is 0.154. The molecule has 2 atom stereocenters. The highest BCUT2D eigenvalue weighted by molar-refractivity contribution is 6.02. The molecule has 234 valence electrons. The molecule has 2 aromatic carbocycles. The molecule has 0 aromatic heterocycles. The summed E-state index contributed by atoms with van der Waals surface area (Å²) in [5, 5.41) is 31.0. The average Bonchev–Trinajstić information content (AvgIpc) is 2.95. The van der Waals surface area contributed by atoms with Crippen LogP contribution in [0.4, 0.5) is 0 Å². The number of para-hydroxylation sites is 1. The Morgan fingerprint density at radius 1 is 0.857 bits per heavy atom. The third-order valence-electron chi connectivity index (χ3n) is 7.93. The Morgan fingerprint density at radius 3 is 2.07 bits per heavy atom. The number of carbonyl (C=O) groups excluding carboxylic acids is 1. The molecule has 0 fully saturated rings. The van der Waals surface area contributed by atoms with E-state index in [4.69, 9.17) is 14.2 Å². The van der Waals surface area contributed by atoms with Gasteiger partial charge in [0.05, 0.1) is 19.8 Å². The van der Waals surface area contributed by atoms with Crippen LogP contribution in [-0.2, 0) is 4.74 Å². The molecule has 0 bridgehead atoms. The standard InChI is InChI=1S/C35H52O7/c1-23(2)12-8-13-24(3)14-9-15-25(4)16-10-17-26(5)20-21-42-35(39)28-22-29(36)32(37)33(38)31(28)27-18-11-19-30(40-6)34(27)41-7/h11,18-20,22-25,36-38H,8-10,12-17,21H2,1-7H3/b26-20+/t24-,25-/m1/s1. The monoisotopic (exact) mass is 584 g/mol. The number of aromatic hydroxyl groups is 3. The first-order chi connectivity index (χ1) is 20.0. The fourth-order valence-electron chi connectivity index (χ4n) is 5.31. The van der Waals surface area contributed by atoms with Crippen LogP contribution < -0.4 is 9.47 Å². The predicted octanol–water partition coefficient (Wildman–Crippen LogP) is 9.03. The minimum Gasteiger partial charge on any atom is -0.504 e. The van der Waals surface area contributed by atoms with Crippen LogP contribution in [0.5, 0.6) is 28.7 Å². The van der Waals surface area contributed by atoms with Crippen LogP contribution >= 0.6 is 0 Å². The summed E-state index contributed by atoms with van der Waals surface area (Å²) in [4.78, 5) is 13.1. The lowest BCUT2D eigenvalue weighted by Gasteiger charge is -2.17. The molecule has 2 aromatic rings. The van der Waals surface area contributed by atoms with E-state index >= 15 is 0 Å². The Balaban J connectivity index is 1.92. The summed E-state index contributed by atoms with van der Waals surface area (Å²) < 4.78 is 16.3. The number of methoxy groups -OCH3 is 2. The van der Waals surface area contributed by atoms with Gasteiger partial charge in [0.1, 0.15) is 6.61 Å². The smallest absolute Gasteiger partial charge is 0.339 e. The molecule has 7 heteroatoms. The summed E-state index contributed by atoms with van der Waals surface area (Å²) in [6.07, 6.45) is 13.0. The highest BCUT2D eigenvalue weighted by Crippen LogP contribution is 2.49. The third-order valence-corrected chi connectivity index (χ3v) is 7.93. The molecule has 0 saturated heterocycles. The van der Waals surface area contributed by atoms with Crippen molar-refractivity contribution in [2.24, 2.45) is 17.8 Å². The van der Waals surface area contributed by atoms with Crippen LogP contribution in [-0.4, -0.2) is 42.1 Å². The van der Waals surface area contributed by atoms with Crippen molar-refractivity contribution in [3.8, 4) is 39.9 Å². The number of hydrogen-bond donors (Lipinski definition) is 3. The molecule has 0 amide bonds. The van der Waals surface area contributed by atoms with Crippen molar-refractivity contribution in [2.45, 2.75) is 92.4 Å². The molecular weight excluding hydrogens is 532 g/mol. The van der Waals surface area contributed by atoms with Gasteiger partial charge in [-0.05, 0) is 55.7 Å². The van der Waals surface area contributed by atoms with Crippen LogP contribution in [0.25, 0.3) is 11.1 Å². The van der Waals surface area contributed by atoms with Gasteiger partial charge >= 0.3 is 5.97 Å². The molecule has 2 rings (SSSR count). The first kappa shape index (κ1) is 34.8. The van der Waals surface area contributed by atoms with Crippen LogP contribution in [0.3, 0.4) is 0 Å². The second-order valence-electron chi connectivity index (χ2n) is 12.1. The molecule has 42 heavy (non-hydrogen) atoms. The molecule has 0 spiro atoms. The largest absolute Gasteiger partial charge is 0.504 e. The zero-order valence-electron chi connectivity index (χ0n) is 26.7. The van der Waals surface area contributed by atoms with Crippen LogP contribution in [0.15, 0.2) is 35.9 Å². The molecule has 0 radical (unpaired) electrons. The van der Waals surface area contributed by atoms with E-state index in [0.717, 1.165) is 36.3 Å². The normalized spacial score (nSPS) is 13.2. The highest BCUT2D eigenvalue weighted by atomic mass is 16.5. The third kappa shape index (κ3) is 10.5. The Labute approximate surface area is 252 Å². The molecule has 7 nitrogen and oxygen atoms in total.